The van der Waals surface area contributed by atoms with E-state index in [-0.39, 0.29) is 6.61 Å². The minimum absolute atomic E-state index is 0.0685. The number of nitrogens with two attached hydrogens (primary N) is 1. The van der Waals surface area contributed by atoms with Crippen LogP contribution in [0.1, 0.15) is 26.7 Å². The molecule has 13 heavy (non-hydrogen) atoms. The summed E-state index contributed by atoms with van der Waals surface area (Å²) < 4.78 is 0. The number of aliphatic hydroxyl groups excluding tert-OH is 1. The fourth-order valence-corrected chi connectivity index (χ4v) is 1.78. The summed E-state index contributed by atoms with van der Waals surface area (Å²) in [5, 5.41) is 9.03. The van der Waals surface area contributed by atoms with Crippen LogP contribution < -0.4 is 5.73 Å². The van der Waals surface area contributed by atoms with Crippen molar-refractivity contribution < 1.29 is 5.11 Å². The van der Waals surface area contributed by atoms with Crippen LogP contribution in [0.4, 0.5) is 0 Å². The molecule has 0 saturated carbocycles. The Hall–Kier alpha value is -0.120. The fourth-order valence-electron chi connectivity index (χ4n) is 1.78. The molecule has 0 aliphatic carbocycles. The summed E-state index contributed by atoms with van der Waals surface area (Å²) in [7, 11) is 0. The molecule has 1 rings (SSSR count). The average Bonchev–Trinajstić information content (AvgIpc) is 2.09. The summed E-state index contributed by atoms with van der Waals surface area (Å²) in [5.74, 6) is 0.856. The van der Waals surface area contributed by atoms with E-state index in [1.165, 1.54) is 12.8 Å². The quantitative estimate of drug-likeness (QED) is 0.672. The smallest absolute Gasteiger partial charge is 0.0621 e. The highest BCUT2D eigenvalue weighted by Gasteiger charge is 2.23. The van der Waals surface area contributed by atoms with Gasteiger partial charge in [-0.15, -0.1) is 0 Å². The van der Waals surface area contributed by atoms with Crippen molar-refractivity contribution in [2.75, 3.05) is 26.2 Å². The second kappa shape index (κ2) is 4.40. The van der Waals surface area contributed by atoms with Crippen molar-refractivity contribution in [3.05, 3.63) is 0 Å². The first-order valence-corrected chi connectivity index (χ1v) is 5.15. The van der Waals surface area contributed by atoms with Crippen LogP contribution in [0.5, 0.6) is 0 Å². The van der Waals surface area contributed by atoms with Gasteiger partial charge in [-0.1, -0.05) is 6.92 Å². The molecule has 1 unspecified atom stereocenters. The molecule has 0 bridgehead atoms. The molecule has 0 spiro atoms. The number of aliphatic hydroxyl groups is 1. The minimum Gasteiger partial charge on any atom is -0.394 e. The van der Waals surface area contributed by atoms with E-state index in [2.05, 4.69) is 11.8 Å². The van der Waals surface area contributed by atoms with Crippen molar-refractivity contribution >= 4 is 0 Å². The number of nitrogens with zero attached hydrogens (tertiary/aromatic N) is 1. The SMILES string of the molecule is CC1CCN(CC(C)(N)CO)CC1. The summed E-state index contributed by atoms with van der Waals surface area (Å²) in [6, 6.07) is 0. The first kappa shape index (κ1) is 11.0. The molecule has 78 valence electrons. The van der Waals surface area contributed by atoms with Gasteiger partial charge in [0.05, 0.1) is 6.61 Å². The molecule has 1 aliphatic rings. The van der Waals surface area contributed by atoms with Crippen molar-refractivity contribution in [3.63, 3.8) is 0 Å². The Labute approximate surface area is 80.9 Å². The van der Waals surface area contributed by atoms with E-state index in [1.54, 1.807) is 0 Å². The van der Waals surface area contributed by atoms with Crippen LogP contribution in [0.3, 0.4) is 0 Å². The lowest BCUT2D eigenvalue weighted by atomic mass is 9.97. The minimum atomic E-state index is -0.430. The third kappa shape index (κ3) is 3.63. The van der Waals surface area contributed by atoms with E-state index in [4.69, 9.17) is 10.8 Å². The van der Waals surface area contributed by atoms with Crippen LogP contribution in [0, 0.1) is 5.92 Å². The van der Waals surface area contributed by atoms with E-state index in [0.29, 0.717) is 0 Å². The van der Waals surface area contributed by atoms with Crippen molar-refractivity contribution in [1.82, 2.24) is 4.90 Å². The highest BCUT2D eigenvalue weighted by molar-refractivity contribution is 4.83. The fraction of sp³-hybridized carbons (Fsp3) is 1.00. The van der Waals surface area contributed by atoms with E-state index in [1.807, 2.05) is 6.92 Å². The second-order valence-corrected chi connectivity index (χ2v) is 4.77. The van der Waals surface area contributed by atoms with Gasteiger partial charge in [-0.05, 0) is 38.8 Å². The predicted octanol–water partition coefficient (Wildman–Crippen LogP) is 0.428. The van der Waals surface area contributed by atoms with Crippen molar-refractivity contribution in [2.45, 2.75) is 32.2 Å². The zero-order valence-electron chi connectivity index (χ0n) is 8.79. The second-order valence-electron chi connectivity index (χ2n) is 4.77. The van der Waals surface area contributed by atoms with Gasteiger partial charge in [0.2, 0.25) is 0 Å². The molecule has 1 heterocycles. The van der Waals surface area contributed by atoms with Gasteiger partial charge in [0.1, 0.15) is 0 Å². The van der Waals surface area contributed by atoms with Crippen molar-refractivity contribution in [2.24, 2.45) is 11.7 Å². The molecule has 3 nitrogen and oxygen atoms in total. The van der Waals surface area contributed by atoms with Crippen LogP contribution in [0.2, 0.25) is 0 Å². The monoisotopic (exact) mass is 186 g/mol. The Morgan fingerprint density at radius 1 is 1.46 bits per heavy atom. The molecule has 1 fully saturated rings. The molecule has 1 aliphatic heterocycles. The zero-order valence-corrected chi connectivity index (χ0v) is 8.79. The maximum atomic E-state index is 9.03. The Balaban J connectivity index is 2.30. The summed E-state index contributed by atoms with van der Waals surface area (Å²) in [4.78, 5) is 2.36. The average molecular weight is 186 g/mol. The zero-order chi connectivity index (χ0) is 9.90. The maximum absolute atomic E-state index is 9.03. The van der Waals surface area contributed by atoms with Gasteiger partial charge in [0.15, 0.2) is 0 Å². The third-order valence-electron chi connectivity index (χ3n) is 2.82. The van der Waals surface area contributed by atoms with Crippen molar-refractivity contribution in [3.8, 4) is 0 Å². The van der Waals surface area contributed by atoms with Gasteiger partial charge in [0, 0.05) is 12.1 Å². The number of rotatable bonds is 3. The lowest BCUT2D eigenvalue weighted by Gasteiger charge is -2.35. The van der Waals surface area contributed by atoms with Gasteiger partial charge < -0.3 is 15.7 Å². The van der Waals surface area contributed by atoms with Gasteiger partial charge in [0.25, 0.3) is 0 Å². The van der Waals surface area contributed by atoms with Crippen LogP contribution >= 0.6 is 0 Å². The maximum Gasteiger partial charge on any atom is 0.0621 e. The number of hydrogen-bond acceptors (Lipinski definition) is 3. The van der Waals surface area contributed by atoms with Gasteiger partial charge >= 0.3 is 0 Å². The third-order valence-corrected chi connectivity index (χ3v) is 2.82. The topological polar surface area (TPSA) is 49.5 Å². The van der Waals surface area contributed by atoms with Gasteiger partial charge in [-0.3, -0.25) is 0 Å². The molecule has 3 heteroatoms. The Bertz CT molecular complexity index is 151. The largest absolute Gasteiger partial charge is 0.394 e. The molecule has 1 saturated heterocycles. The highest BCUT2D eigenvalue weighted by Crippen LogP contribution is 2.17. The molecule has 1 atom stereocenters. The Kier molecular flexibility index (Phi) is 3.71. The summed E-state index contributed by atoms with van der Waals surface area (Å²) >= 11 is 0. The van der Waals surface area contributed by atoms with Crippen LogP contribution in [-0.4, -0.2) is 41.8 Å². The van der Waals surface area contributed by atoms with E-state index < -0.39 is 5.54 Å². The first-order chi connectivity index (χ1) is 6.03. The lowest BCUT2D eigenvalue weighted by molar-refractivity contribution is 0.120. The van der Waals surface area contributed by atoms with Crippen LogP contribution in [0.25, 0.3) is 0 Å². The van der Waals surface area contributed by atoms with E-state index in [0.717, 1.165) is 25.6 Å². The molecule has 0 aromatic heterocycles. The summed E-state index contributed by atoms with van der Waals surface area (Å²) in [5.41, 5.74) is 5.46. The molecule has 0 aromatic rings. The van der Waals surface area contributed by atoms with E-state index in [9.17, 15) is 0 Å². The summed E-state index contributed by atoms with van der Waals surface area (Å²) in [6.07, 6.45) is 2.53. The number of piperidine rings is 1. The number of likely N-dealkylation sites (tertiary alicyclic amines) is 1. The van der Waals surface area contributed by atoms with Crippen LogP contribution in [-0.2, 0) is 0 Å². The number of hydrogen-bond donors (Lipinski definition) is 2. The van der Waals surface area contributed by atoms with E-state index >= 15 is 0 Å². The standard InChI is InChI=1S/C10H22N2O/c1-9-3-5-12(6-4-9)7-10(2,11)8-13/h9,13H,3-8,11H2,1-2H3. The first-order valence-electron chi connectivity index (χ1n) is 5.15. The van der Waals surface area contributed by atoms with Crippen LogP contribution in [0.15, 0.2) is 0 Å². The Morgan fingerprint density at radius 2 is 2.00 bits per heavy atom. The highest BCUT2D eigenvalue weighted by atomic mass is 16.3. The van der Waals surface area contributed by atoms with Crippen molar-refractivity contribution in [1.29, 1.82) is 0 Å². The van der Waals surface area contributed by atoms with Gasteiger partial charge in [-0.2, -0.15) is 0 Å². The van der Waals surface area contributed by atoms with Gasteiger partial charge in [-0.25, -0.2) is 0 Å². The summed E-state index contributed by atoms with van der Waals surface area (Å²) in [6.45, 7) is 7.35. The lowest BCUT2D eigenvalue weighted by Crippen LogP contribution is -2.52. The molecular weight excluding hydrogens is 164 g/mol. The molecule has 0 aromatic carbocycles. The molecule has 0 amide bonds. The molecule has 0 radical (unpaired) electrons. The predicted molar refractivity (Wildman–Crippen MR) is 54.5 cm³/mol. The molecular formula is C10H22N2O. The molecule has 3 N–H and O–H groups in total. The normalized spacial score (nSPS) is 25.8. The Morgan fingerprint density at radius 3 is 2.46 bits per heavy atom.